The molecule has 4 aromatic carbocycles. The van der Waals surface area contributed by atoms with Crippen LogP contribution in [0.1, 0.15) is 53.5 Å². The van der Waals surface area contributed by atoms with E-state index in [1.54, 1.807) is 0 Å². The number of rotatable bonds is 10. The zero-order valence-electron chi connectivity index (χ0n) is 20.7. The Labute approximate surface area is 213 Å². The van der Waals surface area contributed by atoms with E-state index in [2.05, 4.69) is 60.7 Å². The molecule has 1 atom stereocenters. The molecule has 0 heterocycles. The molecule has 0 saturated heterocycles. The predicted molar refractivity (Wildman–Crippen MR) is 145 cm³/mol. The molecule has 0 aromatic heterocycles. The van der Waals surface area contributed by atoms with Crippen LogP contribution in [-0.2, 0) is 34.5 Å². The van der Waals surface area contributed by atoms with Gasteiger partial charge >= 0.3 is 5.97 Å². The van der Waals surface area contributed by atoms with Crippen LogP contribution in [0.15, 0.2) is 103 Å². The van der Waals surface area contributed by atoms with Gasteiger partial charge in [0.1, 0.15) is 12.1 Å². The summed E-state index contributed by atoms with van der Waals surface area (Å²) in [5.74, 6) is -0.357. The van der Waals surface area contributed by atoms with E-state index >= 15 is 0 Å². The molecular formula is C33H33NO2. The Bertz CT molecular complexity index is 1320. The molecule has 1 aliphatic carbocycles. The number of nitrogens with two attached hydrogens (primary N) is 1. The zero-order valence-corrected chi connectivity index (χ0v) is 20.7. The molecular weight excluding hydrogens is 442 g/mol. The van der Waals surface area contributed by atoms with Gasteiger partial charge in [-0.2, -0.15) is 0 Å². The van der Waals surface area contributed by atoms with Crippen LogP contribution in [0.2, 0.25) is 0 Å². The minimum Gasteiger partial charge on any atom is -0.459 e. The van der Waals surface area contributed by atoms with E-state index in [0.717, 1.165) is 43.2 Å². The third-order valence-electron chi connectivity index (χ3n) is 7.34. The summed E-state index contributed by atoms with van der Waals surface area (Å²) in [7, 11) is 0. The predicted octanol–water partition coefficient (Wildman–Crippen LogP) is 6.96. The number of esters is 1. The van der Waals surface area contributed by atoms with Gasteiger partial charge in [0.25, 0.3) is 0 Å². The van der Waals surface area contributed by atoms with Crippen molar-refractivity contribution in [1.29, 1.82) is 0 Å². The van der Waals surface area contributed by atoms with Crippen LogP contribution in [0.4, 0.5) is 0 Å². The van der Waals surface area contributed by atoms with Crippen molar-refractivity contribution in [3.63, 3.8) is 0 Å². The van der Waals surface area contributed by atoms with E-state index in [0.29, 0.717) is 6.42 Å². The first kappa shape index (κ1) is 24.0. The van der Waals surface area contributed by atoms with Gasteiger partial charge in [0, 0.05) is 0 Å². The molecule has 0 amide bonds. The van der Waals surface area contributed by atoms with Crippen LogP contribution in [0.5, 0.6) is 0 Å². The van der Waals surface area contributed by atoms with Crippen LogP contribution in [-0.4, -0.2) is 5.97 Å². The molecule has 0 aliphatic heterocycles. The first-order valence-electron chi connectivity index (χ1n) is 12.9. The van der Waals surface area contributed by atoms with Crippen molar-refractivity contribution in [2.45, 2.75) is 50.7 Å². The first-order valence-corrected chi connectivity index (χ1v) is 12.9. The topological polar surface area (TPSA) is 52.3 Å². The average molecular weight is 476 g/mol. The van der Waals surface area contributed by atoms with Crippen LogP contribution < -0.4 is 5.73 Å². The van der Waals surface area contributed by atoms with E-state index in [-0.39, 0.29) is 12.6 Å². The number of ether oxygens (including phenoxy) is 1. The summed E-state index contributed by atoms with van der Waals surface area (Å²) in [5.41, 5.74) is 13.9. The van der Waals surface area contributed by atoms with Gasteiger partial charge in [0.2, 0.25) is 0 Å². The summed E-state index contributed by atoms with van der Waals surface area (Å²) in [6, 6.07) is 34.9. The number of hydrogen-bond donors (Lipinski definition) is 1. The lowest BCUT2D eigenvalue weighted by molar-refractivity contribution is -0.152. The number of carbonyl (C=O) groups is 1. The lowest BCUT2D eigenvalue weighted by Gasteiger charge is -2.28. The first-order chi connectivity index (χ1) is 17.6. The SMILES string of the molecule is NC(CCCCCc1ccccc1)(C(=O)OCc1cccc2c1Cc1ccccc1-2)c1ccccc1. The van der Waals surface area contributed by atoms with Gasteiger partial charge in [-0.05, 0) is 64.6 Å². The standard InChI is InChI=1S/C33H33NO2/c34-33(28-18-7-2-8-19-28,22-11-3-6-15-25-13-4-1-5-14-25)32(35)36-24-27-17-12-21-30-29-20-10-9-16-26(29)23-31(27)30/h1-2,4-5,7-10,12-14,16-21H,3,6,11,15,22-24,34H2. The van der Waals surface area contributed by atoms with Crippen LogP contribution in [0.25, 0.3) is 11.1 Å². The highest BCUT2D eigenvalue weighted by molar-refractivity contribution is 5.83. The summed E-state index contributed by atoms with van der Waals surface area (Å²) in [4.78, 5) is 13.5. The molecule has 3 nitrogen and oxygen atoms in total. The summed E-state index contributed by atoms with van der Waals surface area (Å²) < 4.78 is 5.93. The third-order valence-corrected chi connectivity index (χ3v) is 7.34. The third kappa shape index (κ3) is 5.12. The number of carbonyl (C=O) groups excluding carboxylic acids is 1. The fourth-order valence-electron chi connectivity index (χ4n) is 5.28. The largest absolute Gasteiger partial charge is 0.459 e. The van der Waals surface area contributed by atoms with E-state index in [1.807, 2.05) is 42.5 Å². The lowest BCUT2D eigenvalue weighted by Crippen LogP contribution is -2.46. The van der Waals surface area contributed by atoms with Crippen molar-refractivity contribution in [2.75, 3.05) is 0 Å². The molecule has 0 fully saturated rings. The summed E-state index contributed by atoms with van der Waals surface area (Å²) >= 11 is 0. The Morgan fingerprint density at radius 2 is 1.44 bits per heavy atom. The van der Waals surface area contributed by atoms with Gasteiger partial charge in [0.15, 0.2) is 0 Å². The number of unbranched alkanes of at least 4 members (excludes halogenated alkanes) is 2. The van der Waals surface area contributed by atoms with Gasteiger partial charge in [-0.25, -0.2) is 4.79 Å². The Hall–Kier alpha value is -3.69. The number of fused-ring (bicyclic) bond motifs is 3. The van der Waals surface area contributed by atoms with E-state index in [4.69, 9.17) is 10.5 Å². The molecule has 182 valence electrons. The number of hydrogen-bond acceptors (Lipinski definition) is 3. The molecule has 5 rings (SSSR count). The van der Waals surface area contributed by atoms with E-state index < -0.39 is 5.54 Å². The van der Waals surface area contributed by atoms with Crippen molar-refractivity contribution in [3.05, 3.63) is 131 Å². The summed E-state index contributed by atoms with van der Waals surface area (Å²) in [6.45, 7) is 0.232. The Balaban J connectivity index is 1.25. The maximum absolute atomic E-state index is 13.5. The summed E-state index contributed by atoms with van der Waals surface area (Å²) in [5, 5.41) is 0. The second-order valence-electron chi connectivity index (χ2n) is 9.74. The molecule has 0 radical (unpaired) electrons. The van der Waals surface area contributed by atoms with Crippen LogP contribution in [0.3, 0.4) is 0 Å². The second-order valence-corrected chi connectivity index (χ2v) is 9.74. The Morgan fingerprint density at radius 3 is 2.25 bits per heavy atom. The molecule has 3 heteroatoms. The number of benzene rings is 4. The highest BCUT2D eigenvalue weighted by Crippen LogP contribution is 2.38. The smallest absolute Gasteiger partial charge is 0.331 e. The van der Waals surface area contributed by atoms with Crippen molar-refractivity contribution in [1.82, 2.24) is 0 Å². The number of aryl methyl sites for hydroxylation is 1. The molecule has 0 bridgehead atoms. The molecule has 1 unspecified atom stereocenters. The zero-order chi connectivity index (χ0) is 24.8. The fourth-order valence-corrected chi connectivity index (χ4v) is 5.28. The highest BCUT2D eigenvalue weighted by Gasteiger charge is 2.37. The van der Waals surface area contributed by atoms with Gasteiger partial charge in [-0.1, -0.05) is 116 Å². The lowest BCUT2D eigenvalue weighted by atomic mass is 9.85. The maximum Gasteiger partial charge on any atom is 0.331 e. The van der Waals surface area contributed by atoms with E-state index in [1.165, 1.54) is 27.8 Å². The van der Waals surface area contributed by atoms with Crippen molar-refractivity contribution < 1.29 is 9.53 Å². The molecule has 36 heavy (non-hydrogen) atoms. The van der Waals surface area contributed by atoms with Crippen molar-refractivity contribution in [2.24, 2.45) is 5.73 Å². The van der Waals surface area contributed by atoms with Gasteiger partial charge in [-0.15, -0.1) is 0 Å². The van der Waals surface area contributed by atoms with E-state index in [9.17, 15) is 4.79 Å². The van der Waals surface area contributed by atoms with Gasteiger partial charge in [0.05, 0.1) is 0 Å². The average Bonchev–Trinajstić information content (AvgIpc) is 3.32. The molecule has 1 aliphatic rings. The van der Waals surface area contributed by atoms with Gasteiger partial charge < -0.3 is 10.5 Å². The maximum atomic E-state index is 13.5. The minimum absolute atomic E-state index is 0.232. The molecule has 2 N–H and O–H groups in total. The van der Waals surface area contributed by atoms with Crippen LogP contribution >= 0.6 is 0 Å². The highest BCUT2D eigenvalue weighted by atomic mass is 16.5. The molecule has 4 aromatic rings. The quantitative estimate of drug-likeness (QED) is 0.175. The monoisotopic (exact) mass is 475 g/mol. The summed E-state index contributed by atoms with van der Waals surface area (Å²) in [6.07, 6.45) is 5.41. The minimum atomic E-state index is -1.16. The normalized spacial score (nSPS) is 13.5. The van der Waals surface area contributed by atoms with Crippen LogP contribution in [0, 0.1) is 0 Å². The van der Waals surface area contributed by atoms with Crippen molar-refractivity contribution in [3.8, 4) is 11.1 Å². The van der Waals surface area contributed by atoms with Gasteiger partial charge in [-0.3, -0.25) is 0 Å². The Morgan fingerprint density at radius 1 is 0.750 bits per heavy atom. The molecule has 0 saturated carbocycles. The van der Waals surface area contributed by atoms with Crippen molar-refractivity contribution >= 4 is 5.97 Å². The second kappa shape index (κ2) is 10.9. The Kier molecular flexibility index (Phi) is 7.29. The fraction of sp³-hybridized carbons (Fsp3) is 0.242. The molecule has 0 spiro atoms.